The summed E-state index contributed by atoms with van der Waals surface area (Å²) in [7, 11) is 1.43. The fraction of sp³-hybridized carbons (Fsp3) is 0.556. The van der Waals surface area contributed by atoms with Gasteiger partial charge < -0.3 is 14.5 Å². The molecular formula is C18H23N3O5. The molecule has 140 valence electrons. The molecule has 1 aromatic rings. The first-order valence-electron chi connectivity index (χ1n) is 8.91. The van der Waals surface area contributed by atoms with Crippen LogP contribution in [0.4, 0.5) is 5.69 Å². The number of amides is 2. The SMILES string of the molecule is COc1ccc([N+](=O)[O-])cc1C(=O)N1CCC(C(=O)N2CCCC2)CC1. The Morgan fingerprint density at radius 1 is 1.12 bits per heavy atom. The molecule has 2 heterocycles. The van der Waals surface area contributed by atoms with Gasteiger partial charge in [0.15, 0.2) is 0 Å². The largest absolute Gasteiger partial charge is 0.496 e. The van der Waals surface area contributed by atoms with Crippen molar-refractivity contribution >= 4 is 17.5 Å². The van der Waals surface area contributed by atoms with Gasteiger partial charge in [0.05, 0.1) is 17.6 Å². The Balaban J connectivity index is 1.67. The summed E-state index contributed by atoms with van der Waals surface area (Å²) < 4.78 is 5.19. The number of carbonyl (C=O) groups excluding carboxylic acids is 2. The van der Waals surface area contributed by atoms with Gasteiger partial charge in [-0.05, 0) is 31.7 Å². The molecule has 8 heteroatoms. The monoisotopic (exact) mass is 361 g/mol. The number of nitrogens with zero attached hydrogens (tertiary/aromatic N) is 3. The van der Waals surface area contributed by atoms with Gasteiger partial charge in [0.1, 0.15) is 5.75 Å². The number of nitro groups is 1. The lowest BCUT2D eigenvalue weighted by molar-refractivity contribution is -0.384. The molecule has 1 aromatic carbocycles. The van der Waals surface area contributed by atoms with E-state index in [0.717, 1.165) is 25.9 Å². The Kier molecular flexibility index (Phi) is 5.39. The first-order valence-corrected chi connectivity index (χ1v) is 8.91. The number of non-ortho nitro benzene ring substituents is 1. The average Bonchev–Trinajstić information content (AvgIpc) is 3.21. The molecule has 0 spiro atoms. The summed E-state index contributed by atoms with van der Waals surface area (Å²) in [4.78, 5) is 39.3. The number of carbonyl (C=O) groups is 2. The van der Waals surface area contributed by atoms with Crippen molar-refractivity contribution in [2.75, 3.05) is 33.3 Å². The van der Waals surface area contributed by atoms with Crippen molar-refractivity contribution in [3.05, 3.63) is 33.9 Å². The molecule has 0 atom stereocenters. The summed E-state index contributed by atoms with van der Waals surface area (Å²) in [5.41, 5.74) is 0.0410. The third-order valence-electron chi connectivity index (χ3n) is 5.17. The quantitative estimate of drug-likeness (QED) is 0.605. The summed E-state index contributed by atoms with van der Waals surface area (Å²) in [6.07, 6.45) is 3.38. The highest BCUT2D eigenvalue weighted by Gasteiger charge is 2.32. The zero-order valence-electron chi connectivity index (χ0n) is 14.8. The van der Waals surface area contributed by atoms with Gasteiger partial charge in [-0.15, -0.1) is 0 Å². The lowest BCUT2D eigenvalue weighted by atomic mass is 9.94. The van der Waals surface area contributed by atoms with E-state index in [-0.39, 0.29) is 29.0 Å². The van der Waals surface area contributed by atoms with Gasteiger partial charge >= 0.3 is 0 Å². The van der Waals surface area contributed by atoms with E-state index in [9.17, 15) is 19.7 Å². The van der Waals surface area contributed by atoms with Gasteiger partial charge in [-0.1, -0.05) is 0 Å². The second kappa shape index (κ2) is 7.72. The number of ether oxygens (including phenoxy) is 1. The van der Waals surface area contributed by atoms with Crippen molar-refractivity contribution in [1.29, 1.82) is 0 Å². The molecule has 2 aliphatic rings. The molecule has 0 aliphatic carbocycles. The van der Waals surface area contributed by atoms with Crippen LogP contribution in [0.1, 0.15) is 36.0 Å². The van der Waals surface area contributed by atoms with Gasteiger partial charge in [-0.25, -0.2) is 0 Å². The van der Waals surface area contributed by atoms with Crippen molar-refractivity contribution in [2.45, 2.75) is 25.7 Å². The zero-order valence-corrected chi connectivity index (χ0v) is 14.8. The van der Waals surface area contributed by atoms with E-state index >= 15 is 0 Å². The molecule has 3 rings (SSSR count). The summed E-state index contributed by atoms with van der Waals surface area (Å²) >= 11 is 0. The summed E-state index contributed by atoms with van der Waals surface area (Å²) in [5.74, 6) is 0.181. The van der Waals surface area contributed by atoms with Gasteiger partial charge in [0, 0.05) is 44.2 Å². The number of hydrogen-bond acceptors (Lipinski definition) is 5. The lowest BCUT2D eigenvalue weighted by Crippen LogP contribution is -2.43. The maximum absolute atomic E-state index is 12.8. The molecule has 0 saturated carbocycles. The smallest absolute Gasteiger partial charge is 0.270 e. The van der Waals surface area contributed by atoms with E-state index < -0.39 is 4.92 Å². The van der Waals surface area contributed by atoms with Crippen LogP contribution in [0.2, 0.25) is 0 Å². The molecule has 2 saturated heterocycles. The van der Waals surface area contributed by atoms with Gasteiger partial charge in [0.25, 0.3) is 11.6 Å². The third kappa shape index (κ3) is 3.63. The van der Waals surface area contributed by atoms with Crippen LogP contribution in [0.5, 0.6) is 5.75 Å². The Morgan fingerprint density at radius 3 is 2.35 bits per heavy atom. The molecule has 2 aliphatic heterocycles. The second-order valence-corrected chi connectivity index (χ2v) is 6.74. The minimum Gasteiger partial charge on any atom is -0.496 e. The number of benzene rings is 1. The van der Waals surface area contributed by atoms with Gasteiger partial charge in [-0.2, -0.15) is 0 Å². The van der Waals surface area contributed by atoms with Crippen LogP contribution >= 0.6 is 0 Å². The summed E-state index contributed by atoms with van der Waals surface area (Å²) in [6, 6.07) is 4.01. The summed E-state index contributed by atoms with van der Waals surface area (Å²) in [6.45, 7) is 2.61. The predicted molar refractivity (Wildman–Crippen MR) is 94.1 cm³/mol. The molecular weight excluding hydrogens is 338 g/mol. The van der Waals surface area contributed by atoms with Crippen LogP contribution in [0.3, 0.4) is 0 Å². The molecule has 8 nitrogen and oxygen atoms in total. The minimum atomic E-state index is -0.531. The van der Waals surface area contributed by atoms with Crippen molar-refractivity contribution < 1.29 is 19.2 Å². The molecule has 0 bridgehead atoms. The number of piperidine rings is 1. The second-order valence-electron chi connectivity index (χ2n) is 6.74. The molecule has 2 amide bonds. The van der Waals surface area contributed by atoms with E-state index in [1.807, 2.05) is 4.90 Å². The molecule has 2 fully saturated rings. The minimum absolute atomic E-state index is 0.0378. The Morgan fingerprint density at radius 2 is 1.77 bits per heavy atom. The Hall–Kier alpha value is -2.64. The fourth-order valence-electron chi connectivity index (χ4n) is 3.67. The van der Waals surface area contributed by atoms with Crippen molar-refractivity contribution in [2.24, 2.45) is 5.92 Å². The normalized spacial score (nSPS) is 18.0. The number of nitro benzene ring substituents is 1. The van der Waals surface area contributed by atoms with Gasteiger partial charge in [0.2, 0.25) is 5.91 Å². The van der Waals surface area contributed by atoms with Crippen molar-refractivity contribution in [3.8, 4) is 5.75 Å². The zero-order chi connectivity index (χ0) is 18.7. The molecule has 0 aromatic heterocycles. The topological polar surface area (TPSA) is 93.0 Å². The van der Waals surface area contributed by atoms with Crippen LogP contribution in [0, 0.1) is 16.0 Å². The molecule has 0 radical (unpaired) electrons. The maximum Gasteiger partial charge on any atom is 0.270 e. The van der Waals surface area contributed by atoms with Crippen LogP contribution in [-0.4, -0.2) is 59.8 Å². The molecule has 0 N–H and O–H groups in total. The van der Waals surface area contributed by atoms with E-state index in [2.05, 4.69) is 0 Å². The van der Waals surface area contributed by atoms with E-state index in [4.69, 9.17) is 4.74 Å². The van der Waals surface area contributed by atoms with E-state index in [0.29, 0.717) is 31.7 Å². The highest BCUT2D eigenvalue weighted by atomic mass is 16.6. The van der Waals surface area contributed by atoms with E-state index in [1.54, 1.807) is 4.90 Å². The first kappa shape index (κ1) is 18.2. The van der Waals surface area contributed by atoms with Crippen LogP contribution in [0.15, 0.2) is 18.2 Å². The summed E-state index contributed by atoms with van der Waals surface area (Å²) in [5, 5.41) is 11.0. The maximum atomic E-state index is 12.8. The molecule has 26 heavy (non-hydrogen) atoms. The third-order valence-corrected chi connectivity index (χ3v) is 5.17. The molecule has 0 unspecified atom stereocenters. The number of rotatable bonds is 4. The van der Waals surface area contributed by atoms with Crippen LogP contribution < -0.4 is 4.74 Å². The fourth-order valence-corrected chi connectivity index (χ4v) is 3.67. The van der Waals surface area contributed by atoms with E-state index in [1.165, 1.54) is 25.3 Å². The highest BCUT2D eigenvalue weighted by Crippen LogP contribution is 2.28. The Bertz CT molecular complexity index is 707. The van der Waals surface area contributed by atoms with Crippen LogP contribution in [-0.2, 0) is 4.79 Å². The predicted octanol–water partition coefficient (Wildman–Crippen LogP) is 2.08. The van der Waals surface area contributed by atoms with Crippen LogP contribution in [0.25, 0.3) is 0 Å². The van der Waals surface area contributed by atoms with Gasteiger partial charge in [-0.3, -0.25) is 19.7 Å². The number of likely N-dealkylation sites (tertiary alicyclic amines) is 2. The number of hydrogen-bond donors (Lipinski definition) is 0. The number of methoxy groups -OCH3 is 1. The standard InChI is InChI=1S/C18H23N3O5/c1-26-16-5-4-14(21(24)25)12-15(16)18(23)20-10-6-13(7-11-20)17(22)19-8-2-3-9-19/h4-5,12-13H,2-3,6-11H2,1H3. The lowest BCUT2D eigenvalue weighted by Gasteiger charge is -2.33. The Labute approximate surface area is 151 Å². The first-order chi connectivity index (χ1) is 12.5. The van der Waals surface area contributed by atoms with Crippen molar-refractivity contribution in [1.82, 2.24) is 9.80 Å². The van der Waals surface area contributed by atoms with Crippen molar-refractivity contribution in [3.63, 3.8) is 0 Å². The average molecular weight is 361 g/mol. The highest BCUT2D eigenvalue weighted by molar-refractivity contribution is 5.97.